The zero-order valence-electron chi connectivity index (χ0n) is 10.5. The van der Waals surface area contributed by atoms with Gasteiger partial charge in [0.25, 0.3) is 0 Å². The second-order valence-electron chi connectivity index (χ2n) is 4.03. The molecule has 3 aromatic rings. The molecule has 102 valence electrons. The first-order chi connectivity index (χ1) is 9.74. The number of fused-ring (bicyclic) bond motifs is 1. The standard InChI is InChI=1S/C13H10ClIN4O/c1-20-13-11-12(16-7-17-13)19(10(6-14)18-11)9-4-2-3-8(15)5-9/h2-5,7H,6H2,1H3. The summed E-state index contributed by atoms with van der Waals surface area (Å²) in [5.74, 6) is 1.44. The van der Waals surface area contributed by atoms with Crippen LogP contribution in [0.1, 0.15) is 5.82 Å². The molecule has 1 aromatic carbocycles. The number of methoxy groups -OCH3 is 1. The predicted molar refractivity (Wildman–Crippen MR) is 85.5 cm³/mol. The Morgan fingerprint density at radius 3 is 2.90 bits per heavy atom. The van der Waals surface area contributed by atoms with E-state index < -0.39 is 0 Å². The fraction of sp³-hybridized carbons (Fsp3) is 0.154. The highest BCUT2D eigenvalue weighted by Gasteiger charge is 2.17. The number of hydrogen-bond donors (Lipinski definition) is 0. The number of rotatable bonds is 3. The van der Waals surface area contributed by atoms with Gasteiger partial charge in [-0.2, -0.15) is 4.98 Å². The minimum absolute atomic E-state index is 0.283. The molecule has 0 aliphatic carbocycles. The molecule has 0 atom stereocenters. The van der Waals surface area contributed by atoms with Gasteiger partial charge in [-0.15, -0.1) is 11.6 Å². The fourth-order valence-electron chi connectivity index (χ4n) is 2.04. The van der Waals surface area contributed by atoms with Gasteiger partial charge < -0.3 is 4.74 Å². The first-order valence-corrected chi connectivity index (χ1v) is 7.44. The van der Waals surface area contributed by atoms with Crippen molar-refractivity contribution in [3.05, 3.63) is 40.0 Å². The Kier molecular flexibility index (Phi) is 3.75. The highest BCUT2D eigenvalue weighted by atomic mass is 127. The number of imidazole rings is 1. The van der Waals surface area contributed by atoms with E-state index in [0.29, 0.717) is 22.9 Å². The number of halogens is 2. The minimum Gasteiger partial charge on any atom is -0.479 e. The third-order valence-corrected chi connectivity index (χ3v) is 3.77. The minimum atomic E-state index is 0.283. The molecule has 0 fully saturated rings. The maximum Gasteiger partial charge on any atom is 0.245 e. The van der Waals surface area contributed by atoms with Crippen LogP contribution in [-0.4, -0.2) is 26.6 Å². The number of aromatic nitrogens is 4. The van der Waals surface area contributed by atoms with Gasteiger partial charge in [-0.3, -0.25) is 4.57 Å². The number of hydrogen-bond acceptors (Lipinski definition) is 4. The van der Waals surface area contributed by atoms with Crippen LogP contribution >= 0.6 is 34.2 Å². The van der Waals surface area contributed by atoms with Gasteiger partial charge in [0.1, 0.15) is 12.2 Å². The normalized spacial score (nSPS) is 10.9. The lowest BCUT2D eigenvalue weighted by Gasteiger charge is -2.07. The van der Waals surface area contributed by atoms with E-state index in [9.17, 15) is 0 Å². The lowest BCUT2D eigenvalue weighted by atomic mass is 10.3. The number of alkyl halides is 1. The van der Waals surface area contributed by atoms with E-state index in [4.69, 9.17) is 16.3 Å². The smallest absolute Gasteiger partial charge is 0.245 e. The summed E-state index contributed by atoms with van der Waals surface area (Å²) >= 11 is 8.28. The maximum absolute atomic E-state index is 6.01. The van der Waals surface area contributed by atoms with E-state index in [1.165, 1.54) is 6.33 Å². The van der Waals surface area contributed by atoms with E-state index in [1.807, 2.05) is 28.8 Å². The first-order valence-electron chi connectivity index (χ1n) is 5.83. The van der Waals surface area contributed by atoms with Gasteiger partial charge in [0.2, 0.25) is 5.88 Å². The summed E-state index contributed by atoms with van der Waals surface area (Å²) in [6.07, 6.45) is 1.46. The molecule has 0 radical (unpaired) electrons. The Morgan fingerprint density at radius 1 is 1.35 bits per heavy atom. The van der Waals surface area contributed by atoms with Gasteiger partial charge in [0.15, 0.2) is 11.2 Å². The van der Waals surface area contributed by atoms with Gasteiger partial charge in [-0.1, -0.05) is 6.07 Å². The predicted octanol–water partition coefficient (Wildman–Crippen LogP) is 3.17. The van der Waals surface area contributed by atoms with Crippen LogP contribution in [0.15, 0.2) is 30.6 Å². The van der Waals surface area contributed by atoms with Crippen molar-refractivity contribution in [1.82, 2.24) is 19.5 Å². The molecular formula is C13H10ClIN4O. The summed E-state index contributed by atoms with van der Waals surface area (Å²) in [5, 5.41) is 0. The molecule has 5 nitrogen and oxygen atoms in total. The Bertz CT molecular complexity index is 774. The summed E-state index contributed by atoms with van der Waals surface area (Å²) in [5.41, 5.74) is 2.27. The van der Waals surface area contributed by atoms with E-state index in [2.05, 4.69) is 37.5 Å². The fourth-order valence-corrected chi connectivity index (χ4v) is 2.75. The second-order valence-corrected chi connectivity index (χ2v) is 5.54. The highest BCUT2D eigenvalue weighted by molar-refractivity contribution is 14.1. The third-order valence-electron chi connectivity index (χ3n) is 2.86. The molecular weight excluding hydrogens is 391 g/mol. The van der Waals surface area contributed by atoms with Crippen LogP contribution in [0.25, 0.3) is 16.9 Å². The summed E-state index contributed by atoms with van der Waals surface area (Å²) in [4.78, 5) is 12.9. The Labute approximate surface area is 134 Å². The Hall–Kier alpha value is -1.41. The van der Waals surface area contributed by atoms with Crippen LogP contribution in [0.5, 0.6) is 5.88 Å². The Morgan fingerprint density at radius 2 is 2.20 bits per heavy atom. The summed E-state index contributed by atoms with van der Waals surface area (Å²) in [6, 6.07) is 8.05. The summed E-state index contributed by atoms with van der Waals surface area (Å²) in [7, 11) is 1.56. The van der Waals surface area contributed by atoms with Gasteiger partial charge in [-0.25, -0.2) is 9.97 Å². The molecule has 0 unspecified atom stereocenters. The molecule has 20 heavy (non-hydrogen) atoms. The van der Waals surface area contributed by atoms with Gasteiger partial charge in [0.05, 0.1) is 13.0 Å². The Balaban J connectivity index is 2.34. The molecule has 7 heteroatoms. The average molecular weight is 401 g/mol. The van der Waals surface area contributed by atoms with Crippen molar-refractivity contribution in [2.45, 2.75) is 5.88 Å². The summed E-state index contributed by atoms with van der Waals surface area (Å²) in [6.45, 7) is 0. The third kappa shape index (κ3) is 2.22. The van der Waals surface area contributed by atoms with Crippen LogP contribution in [-0.2, 0) is 5.88 Å². The van der Waals surface area contributed by atoms with Gasteiger partial charge in [0, 0.05) is 9.26 Å². The van der Waals surface area contributed by atoms with E-state index >= 15 is 0 Å². The SMILES string of the molecule is COc1ncnc2c1nc(CCl)n2-c1cccc(I)c1. The van der Waals surface area contributed by atoms with Crippen molar-refractivity contribution in [2.24, 2.45) is 0 Å². The molecule has 0 spiro atoms. The molecule has 0 N–H and O–H groups in total. The lowest BCUT2D eigenvalue weighted by molar-refractivity contribution is 0.401. The van der Waals surface area contributed by atoms with Crippen LogP contribution in [0.4, 0.5) is 0 Å². The van der Waals surface area contributed by atoms with Crippen molar-refractivity contribution in [3.63, 3.8) is 0 Å². The van der Waals surface area contributed by atoms with E-state index in [1.54, 1.807) is 7.11 Å². The van der Waals surface area contributed by atoms with Crippen molar-refractivity contribution >= 4 is 45.4 Å². The lowest BCUT2D eigenvalue weighted by Crippen LogP contribution is -2.00. The van der Waals surface area contributed by atoms with Gasteiger partial charge in [-0.05, 0) is 40.8 Å². The van der Waals surface area contributed by atoms with Crippen LogP contribution in [0, 0.1) is 3.57 Å². The zero-order chi connectivity index (χ0) is 14.1. The first kappa shape index (κ1) is 13.6. The molecule has 2 aromatic heterocycles. The quantitative estimate of drug-likeness (QED) is 0.501. The van der Waals surface area contributed by atoms with Crippen molar-refractivity contribution < 1.29 is 4.74 Å². The van der Waals surface area contributed by atoms with Gasteiger partial charge >= 0.3 is 0 Å². The monoisotopic (exact) mass is 400 g/mol. The summed E-state index contributed by atoms with van der Waals surface area (Å²) < 4.78 is 8.28. The largest absolute Gasteiger partial charge is 0.479 e. The van der Waals surface area contributed by atoms with Crippen LogP contribution in [0.3, 0.4) is 0 Å². The average Bonchev–Trinajstić information content (AvgIpc) is 2.85. The molecule has 0 bridgehead atoms. The van der Waals surface area contributed by atoms with E-state index in [-0.39, 0.29) is 5.88 Å². The maximum atomic E-state index is 6.01. The second kappa shape index (κ2) is 5.53. The van der Waals surface area contributed by atoms with Crippen molar-refractivity contribution in [3.8, 4) is 11.6 Å². The number of ether oxygens (including phenoxy) is 1. The van der Waals surface area contributed by atoms with Crippen LogP contribution < -0.4 is 4.74 Å². The highest BCUT2D eigenvalue weighted by Crippen LogP contribution is 2.26. The molecule has 3 rings (SSSR count). The molecule has 0 saturated heterocycles. The number of benzene rings is 1. The molecule has 2 heterocycles. The topological polar surface area (TPSA) is 52.8 Å². The molecule has 0 saturated carbocycles. The molecule has 0 aliphatic rings. The van der Waals surface area contributed by atoms with E-state index in [0.717, 1.165) is 9.26 Å². The molecule has 0 amide bonds. The van der Waals surface area contributed by atoms with Crippen molar-refractivity contribution in [1.29, 1.82) is 0 Å². The zero-order valence-corrected chi connectivity index (χ0v) is 13.5. The van der Waals surface area contributed by atoms with Crippen LogP contribution in [0.2, 0.25) is 0 Å². The number of nitrogens with zero attached hydrogens (tertiary/aromatic N) is 4. The molecule has 0 aliphatic heterocycles. The van der Waals surface area contributed by atoms with Crippen molar-refractivity contribution in [2.75, 3.05) is 7.11 Å².